The van der Waals surface area contributed by atoms with E-state index in [1.807, 2.05) is 36.4 Å². The summed E-state index contributed by atoms with van der Waals surface area (Å²) in [6.07, 6.45) is 0. The number of hydrogen-bond donors (Lipinski definition) is 0. The molecule has 9 nitrogen and oxygen atoms in total. The Labute approximate surface area is 268 Å². The molecule has 5 aromatic rings. The van der Waals surface area contributed by atoms with Crippen molar-refractivity contribution in [2.24, 2.45) is 0 Å². The van der Waals surface area contributed by atoms with Gasteiger partial charge < -0.3 is 4.90 Å². The van der Waals surface area contributed by atoms with E-state index in [9.17, 15) is 28.8 Å². The van der Waals surface area contributed by atoms with Gasteiger partial charge in [-0.05, 0) is 54.1 Å². The van der Waals surface area contributed by atoms with E-state index in [1.54, 1.807) is 54.6 Å². The Morgan fingerprint density at radius 1 is 0.468 bits per heavy atom. The number of carbonyl (C=O) groups is 6. The fraction of sp³-hybridized carbons (Fsp3) is 0.0526. The second-order valence-electron chi connectivity index (χ2n) is 11.5. The molecule has 0 unspecified atom stereocenters. The number of rotatable bonds is 6. The number of benzene rings is 5. The third-order valence-electron chi connectivity index (χ3n) is 8.79. The van der Waals surface area contributed by atoms with E-state index in [2.05, 4.69) is 0 Å². The first-order valence-electron chi connectivity index (χ1n) is 14.9. The monoisotopic (exact) mass is 617 g/mol. The minimum Gasteiger partial charge on any atom is -0.316 e. The molecule has 0 spiro atoms. The lowest BCUT2D eigenvalue weighted by Gasteiger charge is -2.14. The summed E-state index contributed by atoms with van der Waals surface area (Å²) < 4.78 is 0. The summed E-state index contributed by atoms with van der Waals surface area (Å²) in [7, 11) is 0. The predicted octanol–water partition coefficient (Wildman–Crippen LogP) is 5.74. The Morgan fingerprint density at radius 3 is 1.62 bits per heavy atom. The predicted molar refractivity (Wildman–Crippen MR) is 172 cm³/mol. The van der Waals surface area contributed by atoms with E-state index < -0.39 is 41.6 Å². The van der Waals surface area contributed by atoms with Gasteiger partial charge in [0.1, 0.15) is 6.04 Å². The molecule has 0 aliphatic carbocycles. The van der Waals surface area contributed by atoms with Crippen LogP contribution >= 0.6 is 0 Å². The first kappa shape index (κ1) is 28.0. The zero-order valence-corrected chi connectivity index (χ0v) is 24.6. The average molecular weight is 618 g/mol. The molecule has 0 radical (unpaired) electrons. The molecule has 5 aromatic carbocycles. The molecule has 0 aromatic heterocycles. The molecule has 0 N–H and O–H groups in total. The highest BCUT2D eigenvalue weighted by atomic mass is 16.2. The van der Waals surface area contributed by atoms with Crippen LogP contribution in [0.4, 0.5) is 11.4 Å². The normalized spacial score (nSPS) is 18.0. The molecule has 0 saturated carbocycles. The molecule has 1 fully saturated rings. The van der Waals surface area contributed by atoms with Crippen molar-refractivity contribution in [1.29, 1.82) is 0 Å². The number of imide groups is 2. The van der Waals surface area contributed by atoms with Gasteiger partial charge in [-0.1, -0.05) is 78.9 Å². The highest BCUT2D eigenvalue weighted by Crippen LogP contribution is 2.46. The maximum atomic E-state index is 13.9. The smallest absolute Gasteiger partial charge is 0.266 e. The van der Waals surface area contributed by atoms with Crippen LogP contribution in [0.2, 0.25) is 0 Å². The Hall–Kier alpha value is -6.48. The maximum Gasteiger partial charge on any atom is 0.266 e. The van der Waals surface area contributed by atoms with Gasteiger partial charge in [0, 0.05) is 11.1 Å². The number of para-hydroxylation sites is 1. The summed E-state index contributed by atoms with van der Waals surface area (Å²) in [4.78, 5) is 84.5. The van der Waals surface area contributed by atoms with E-state index in [0.717, 1.165) is 15.4 Å². The lowest BCUT2D eigenvalue weighted by Crippen LogP contribution is -2.30. The van der Waals surface area contributed by atoms with Crippen LogP contribution in [0.1, 0.15) is 73.8 Å². The van der Waals surface area contributed by atoms with Gasteiger partial charge in [-0.25, -0.2) is 9.80 Å². The summed E-state index contributed by atoms with van der Waals surface area (Å²) in [5, 5.41) is 0. The molecule has 5 amide bonds. The second kappa shape index (κ2) is 10.6. The minimum absolute atomic E-state index is 0.0266. The molecule has 9 heteroatoms. The van der Waals surface area contributed by atoms with Gasteiger partial charge in [-0.15, -0.1) is 0 Å². The summed E-state index contributed by atoms with van der Waals surface area (Å²) in [5.74, 6) is -2.99. The summed E-state index contributed by atoms with van der Waals surface area (Å²) in [6, 6.07) is 33.8. The van der Waals surface area contributed by atoms with Crippen LogP contribution in [0, 0.1) is 0 Å². The van der Waals surface area contributed by atoms with E-state index in [4.69, 9.17) is 0 Å². The van der Waals surface area contributed by atoms with Crippen molar-refractivity contribution < 1.29 is 28.8 Å². The van der Waals surface area contributed by atoms with Gasteiger partial charge in [0.15, 0.2) is 5.78 Å². The average Bonchev–Trinajstić information content (AvgIpc) is 3.75. The van der Waals surface area contributed by atoms with E-state index in [-0.39, 0.29) is 39.3 Å². The summed E-state index contributed by atoms with van der Waals surface area (Å²) in [5.41, 5.74) is 2.36. The van der Waals surface area contributed by atoms with Crippen molar-refractivity contribution in [3.63, 3.8) is 0 Å². The van der Waals surface area contributed by atoms with E-state index in [0.29, 0.717) is 11.3 Å². The molecule has 47 heavy (non-hydrogen) atoms. The van der Waals surface area contributed by atoms with Crippen molar-refractivity contribution in [3.05, 3.63) is 166 Å². The highest BCUT2D eigenvalue weighted by molar-refractivity contribution is 6.37. The first-order valence-corrected chi connectivity index (χ1v) is 14.9. The Morgan fingerprint density at radius 2 is 0.979 bits per heavy atom. The highest BCUT2D eigenvalue weighted by Gasteiger charge is 2.56. The molecule has 8 rings (SSSR count). The van der Waals surface area contributed by atoms with Gasteiger partial charge in [0.2, 0.25) is 0 Å². The van der Waals surface area contributed by atoms with Crippen LogP contribution < -0.4 is 9.80 Å². The Kier molecular flexibility index (Phi) is 6.30. The molecule has 226 valence electrons. The van der Waals surface area contributed by atoms with Gasteiger partial charge in [0.25, 0.3) is 29.5 Å². The number of fused-ring (bicyclic) bond motifs is 2. The van der Waals surface area contributed by atoms with Crippen LogP contribution in [0.25, 0.3) is 0 Å². The van der Waals surface area contributed by atoms with Crippen molar-refractivity contribution in [1.82, 2.24) is 4.90 Å². The molecule has 3 aliphatic rings. The Bertz CT molecular complexity index is 2180. The SMILES string of the molecule is O=C(c1ccccc1)[C@@H]1[C@H](c2ccccc2)N1C(=O)c1ccc2c(c1)C(=O)N(c1ccc3c(c1)C(=O)N(c1ccccc1)C3=O)C2=O. The number of hydrogen-bond acceptors (Lipinski definition) is 6. The molecule has 0 bridgehead atoms. The molecule has 1 saturated heterocycles. The number of anilines is 2. The quantitative estimate of drug-likeness (QED) is 0.137. The van der Waals surface area contributed by atoms with Gasteiger partial charge in [-0.2, -0.15) is 0 Å². The molecule has 2 atom stereocenters. The summed E-state index contributed by atoms with van der Waals surface area (Å²) in [6.45, 7) is 0. The van der Waals surface area contributed by atoms with Crippen LogP contribution in [0.15, 0.2) is 127 Å². The van der Waals surface area contributed by atoms with Crippen molar-refractivity contribution in [2.75, 3.05) is 9.80 Å². The van der Waals surface area contributed by atoms with Crippen LogP contribution in [0.5, 0.6) is 0 Å². The van der Waals surface area contributed by atoms with Crippen molar-refractivity contribution in [2.45, 2.75) is 12.1 Å². The molecular formula is C38H23N3O6. The standard InChI is InChI=1S/C38H23N3O6/c42-33(23-12-6-2-7-13-23)32-31(22-10-4-1-5-11-22)41(32)34(43)24-16-18-27-29(20-24)37(46)40(36(27)45)26-17-19-28-30(21-26)38(47)39(35(28)44)25-14-8-3-9-15-25/h1-21,31-32H/t31-,32-,41?/m0/s1. The number of amides is 5. The largest absolute Gasteiger partial charge is 0.316 e. The first-order chi connectivity index (χ1) is 22.8. The molecule has 3 aliphatic heterocycles. The zero-order chi connectivity index (χ0) is 32.4. The molecule has 3 heterocycles. The van der Waals surface area contributed by atoms with Gasteiger partial charge >= 0.3 is 0 Å². The van der Waals surface area contributed by atoms with Crippen molar-refractivity contribution >= 4 is 46.7 Å². The number of Topliss-reactive ketones (excluding diaryl/α,β-unsaturated/α-hetero) is 1. The molecular weight excluding hydrogens is 594 g/mol. The minimum atomic E-state index is -0.725. The lowest BCUT2D eigenvalue weighted by atomic mass is 10.0. The maximum absolute atomic E-state index is 13.9. The second-order valence-corrected chi connectivity index (χ2v) is 11.5. The van der Waals surface area contributed by atoms with Crippen molar-refractivity contribution in [3.8, 4) is 0 Å². The van der Waals surface area contributed by atoms with Crippen LogP contribution in [-0.2, 0) is 0 Å². The summed E-state index contributed by atoms with van der Waals surface area (Å²) >= 11 is 0. The fourth-order valence-corrected chi connectivity index (χ4v) is 6.46. The third-order valence-corrected chi connectivity index (χ3v) is 8.79. The fourth-order valence-electron chi connectivity index (χ4n) is 6.46. The van der Waals surface area contributed by atoms with E-state index in [1.165, 1.54) is 41.3 Å². The van der Waals surface area contributed by atoms with Gasteiger partial charge in [-0.3, -0.25) is 28.8 Å². The van der Waals surface area contributed by atoms with Crippen LogP contribution in [0.3, 0.4) is 0 Å². The van der Waals surface area contributed by atoms with Gasteiger partial charge in [0.05, 0.1) is 39.7 Å². The lowest BCUT2D eigenvalue weighted by molar-refractivity contribution is 0.0833. The third kappa shape index (κ3) is 4.32. The zero-order valence-electron chi connectivity index (χ0n) is 24.6. The topological polar surface area (TPSA) is 112 Å². The van der Waals surface area contributed by atoms with Crippen LogP contribution in [-0.4, -0.2) is 46.3 Å². The number of nitrogens with zero attached hydrogens (tertiary/aromatic N) is 3. The van der Waals surface area contributed by atoms with E-state index >= 15 is 0 Å². The number of ketones is 1. The Balaban J connectivity index is 1.09. The number of carbonyl (C=O) groups excluding carboxylic acids is 6.